The highest BCUT2D eigenvalue weighted by Gasteiger charge is 2.26. The Balaban J connectivity index is 1.49. The van der Waals surface area contributed by atoms with Crippen LogP contribution in [0.3, 0.4) is 0 Å². The third-order valence-corrected chi connectivity index (χ3v) is 7.18. The van der Waals surface area contributed by atoms with Crippen molar-refractivity contribution in [1.82, 2.24) is 30.1 Å². The highest BCUT2D eigenvalue weighted by molar-refractivity contribution is 7.09. The molecule has 0 fully saturated rings. The number of H-pyrrole nitrogens is 1. The van der Waals surface area contributed by atoms with Gasteiger partial charge in [0.15, 0.2) is 5.82 Å². The van der Waals surface area contributed by atoms with Gasteiger partial charge in [-0.1, -0.05) is 37.3 Å². The Hall–Kier alpha value is -3.69. The third-order valence-electron chi connectivity index (χ3n) is 6.32. The molecule has 0 aliphatic heterocycles. The van der Waals surface area contributed by atoms with Gasteiger partial charge in [0, 0.05) is 29.0 Å². The molecule has 9 heteroatoms. The van der Waals surface area contributed by atoms with E-state index in [1.54, 1.807) is 28.2 Å². The van der Waals surface area contributed by atoms with Crippen molar-refractivity contribution in [3.05, 3.63) is 110 Å². The number of hydrogen-bond acceptors (Lipinski definition) is 6. The Morgan fingerprint density at radius 1 is 1.11 bits per heavy atom. The average molecular weight is 503 g/mol. The van der Waals surface area contributed by atoms with Crippen molar-refractivity contribution < 1.29 is 4.39 Å². The van der Waals surface area contributed by atoms with E-state index in [0.717, 1.165) is 28.5 Å². The molecule has 0 bridgehead atoms. The highest BCUT2D eigenvalue weighted by atomic mass is 32.1. The van der Waals surface area contributed by atoms with Crippen LogP contribution in [-0.4, -0.2) is 30.1 Å². The van der Waals surface area contributed by atoms with E-state index < -0.39 is 0 Å². The van der Waals surface area contributed by atoms with Gasteiger partial charge in [0.25, 0.3) is 5.56 Å². The molecule has 0 saturated heterocycles. The van der Waals surface area contributed by atoms with E-state index in [4.69, 9.17) is 0 Å². The van der Waals surface area contributed by atoms with Crippen LogP contribution in [0.4, 0.5) is 4.39 Å². The second kappa shape index (κ2) is 10.5. The minimum absolute atomic E-state index is 0.0926. The molecule has 184 valence electrons. The first-order chi connectivity index (χ1) is 17.5. The van der Waals surface area contributed by atoms with Gasteiger partial charge in [-0.15, -0.1) is 16.4 Å². The number of halogens is 1. The van der Waals surface area contributed by atoms with Crippen molar-refractivity contribution in [1.29, 1.82) is 0 Å². The summed E-state index contributed by atoms with van der Waals surface area (Å²) in [5.74, 6) is 0.436. The fraction of sp³-hybridized carbons (Fsp3) is 0.259. The smallest absolute Gasteiger partial charge is 0.252 e. The molecule has 5 aromatic rings. The quantitative estimate of drug-likeness (QED) is 0.299. The third kappa shape index (κ3) is 5.27. The zero-order chi connectivity index (χ0) is 25.1. The van der Waals surface area contributed by atoms with E-state index in [-0.39, 0.29) is 17.4 Å². The molecule has 0 amide bonds. The lowest BCUT2D eigenvalue weighted by molar-refractivity contribution is 0.163. The molecule has 0 saturated carbocycles. The number of tetrazole rings is 1. The molecular weight excluding hydrogens is 475 g/mol. The Morgan fingerprint density at radius 3 is 2.69 bits per heavy atom. The molecular formula is C27H27FN6OS. The van der Waals surface area contributed by atoms with E-state index in [2.05, 4.69) is 43.8 Å². The number of aromatic amines is 1. The molecule has 5 rings (SSSR count). The summed E-state index contributed by atoms with van der Waals surface area (Å²) < 4.78 is 15.1. The number of aromatic nitrogens is 5. The van der Waals surface area contributed by atoms with Crippen molar-refractivity contribution in [3.8, 4) is 0 Å². The molecule has 0 aliphatic rings. The van der Waals surface area contributed by atoms with Crippen LogP contribution in [0.15, 0.2) is 70.8 Å². The lowest BCUT2D eigenvalue weighted by Crippen LogP contribution is -2.32. The number of thiophene rings is 1. The summed E-state index contributed by atoms with van der Waals surface area (Å²) in [7, 11) is 0. The van der Waals surface area contributed by atoms with Crippen LogP contribution in [0.1, 0.15) is 46.8 Å². The van der Waals surface area contributed by atoms with Crippen LogP contribution in [-0.2, 0) is 19.6 Å². The summed E-state index contributed by atoms with van der Waals surface area (Å²) >= 11 is 1.68. The topological polar surface area (TPSA) is 79.7 Å². The largest absolute Gasteiger partial charge is 0.322 e. The first-order valence-corrected chi connectivity index (χ1v) is 12.8. The summed E-state index contributed by atoms with van der Waals surface area (Å²) in [5, 5.41) is 15.6. The van der Waals surface area contributed by atoms with Crippen LogP contribution in [0, 0.1) is 12.7 Å². The minimum Gasteiger partial charge on any atom is -0.322 e. The van der Waals surface area contributed by atoms with Gasteiger partial charge >= 0.3 is 0 Å². The molecule has 0 radical (unpaired) electrons. The number of benzene rings is 2. The van der Waals surface area contributed by atoms with Crippen molar-refractivity contribution in [3.63, 3.8) is 0 Å². The molecule has 0 aliphatic carbocycles. The fourth-order valence-electron chi connectivity index (χ4n) is 4.50. The lowest BCUT2D eigenvalue weighted by atomic mass is 10.1. The Kier molecular flexibility index (Phi) is 7.02. The molecule has 3 heterocycles. The maximum Gasteiger partial charge on any atom is 0.252 e. The molecule has 36 heavy (non-hydrogen) atoms. The summed E-state index contributed by atoms with van der Waals surface area (Å²) in [6.45, 7) is 5.64. The predicted octanol–water partition coefficient (Wildman–Crippen LogP) is 5.23. The number of nitrogens with one attached hydrogen (secondary N) is 1. The zero-order valence-electron chi connectivity index (χ0n) is 20.2. The maximum absolute atomic E-state index is 13.4. The van der Waals surface area contributed by atoms with Crippen LogP contribution in [0.2, 0.25) is 0 Å². The summed E-state index contributed by atoms with van der Waals surface area (Å²) in [4.78, 5) is 19.6. The number of hydrogen-bond donors (Lipinski definition) is 1. The van der Waals surface area contributed by atoms with Crippen molar-refractivity contribution in [2.24, 2.45) is 0 Å². The minimum atomic E-state index is -0.278. The number of fused-ring (bicyclic) bond motifs is 1. The number of pyridine rings is 1. The first kappa shape index (κ1) is 24.0. The van der Waals surface area contributed by atoms with Gasteiger partial charge in [0.2, 0.25) is 0 Å². The first-order valence-electron chi connectivity index (χ1n) is 11.9. The van der Waals surface area contributed by atoms with Gasteiger partial charge in [-0.25, -0.2) is 9.07 Å². The second-order valence-electron chi connectivity index (χ2n) is 8.94. The normalized spacial score (nSPS) is 12.4. The molecule has 1 atom stereocenters. The zero-order valence-corrected chi connectivity index (χ0v) is 21.0. The molecule has 0 spiro atoms. The molecule has 1 unspecified atom stereocenters. The van der Waals surface area contributed by atoms with Gasteiger partial charge in [-0.3, -0.25) is 9.69 Å². The Morgan fingerprint density at radius 2 is 1.94 bits per heavy atom. The predicted molar refractivity (Wildman–Crippen MR) is 139 cm³/mol. The summed E-state index contributed by atoms with van der Waals surface area (Å²) in [6.07, 6.45) is 0.750. The van der Waals surface area contributed by atoms with Gasteiger partial charge in [0.05, 0.1) is 12.6 Å². The van der Waals surface area contributed by atoms with Gasteiger partial charge < -0.3 is 4.98 Å². The van der Waals surface area contributed by atoms with Gasteiger partial charge in [-0.05, 0) is 76.0 Å². The van der Waals surface area contributed by atoms with E-state index >= 15 is 0 Å². The van der Waals surface area contributed by atoms with Gasteiger partial charge in [0.1, 0.15) is 5.82 Å². The molecule has 1 N–H and O–H groups in total. The molecule has 7 nitrogen and oxygen atoms in total. The van der Waals surface area contributed by atoms with E-state index in [1.807, 2.05) is 37.3 Å². The van der Waals surface area contributed by atoms with Crippen LogP contribution in [0.5, 0.6) is 0 Å². The average Bonchev–Trinajstić information content (AvgIpc) is 3.54. The van der Waals surface area contributed by atoms with Crippen molar-refractivity contribution in [2.45, 2.75) is 45.9 Å². The monoisotopic (exact) mass is 502 g/mol. The number of rotatable bonds is 9. The van der Waals surface area contributed by atoms with Crippen molar-refractivity contribution >= 4 is 22.2 Å². The van der Waals surface area contributed by atoms with E-state index in [1.165, 1.54) is 17.0 Å². The van der Waals surface area contributed by atoms with Crippen LogP contribution < -0.4 is 5.56 Å². The SMILES string of the molecule is CCC(c1nnnn1Cc1ccc(F)cc1)N(Cc1cccs1)Cc1cc2ccc(C)cc2[nH]c1=O. The van der Waals surface area contributed by atoms with Crippen LogP contribution >= 0.6 is 11.3 Å². The Bertz CT molecular complexity index is 1510. The molecule has 2 aromatic carbocycles. The van der Waals surface area contributed by atoms with E-state index in [9.17, 15) is 9.18 Å². The number of aryl methyl sites for hydroxylation is 1. The summed E-state index contributed by atoms with van der Waals surface area (Å²) in [6, 6.07) is 18.4. The highest BCUT2D eigenvalue weighted by Crippen LogP contribution is 2.28. The summed E-state index contributed by atoms with van der Waals surface area (Å²) in [5.41, 5.74) is 3.45. The van der Waals surface area contributed by atoms with Crippen molar-refractivity contribution in [2.75, 3.05) is 0 Å². The van der Waals surface area contributed by atoms with E-state index in [0.29, 0.717) is 31.0 Å². The molecule has 3 aromatic heterocycles. The standard InChI is InChI=1S/C27H27FN6OS/c1-3-25(26-30-31-32-34(26)15-19-7-10-22(28)11-8-19)33(17-23-5-4-12-36-23)16-21-14-20-9-6-18(2)13-24(20)29-27(21)35/h4-14,25H,3,15-17H2,1-2H3,(H,29,35). The van der Waals surface area contributed by atoms with Gasteiger partial charge in [-0.2, -0.15) is 0 Å². The second-order valence-corrected chi connectivity index (χ2v) is 9.98. The Labute approximate surface area is 212 Å². The van der Waals surface area contributed by atoms with Crippen LogP contribution in [0.25, 0.3) is 10.9 Å². The fourth-order valence-corrected chi connectivity index (χ4v) is 5.23. The maximum atomic E-state index is 13.4. The number of nitrogens with zero attached hydrogens (tertiary/aromatic N) is 5. The lowest BCUT2D eigenvalue weighted by Gasteiger charge is -2.30.